The van der Waals surface area contributed by atoms with Crippen molar-refractivity contribution in [3.05, 3.63) is 0 Å². The van der Waals surface area contributed by atoms with Crippen molar-refractivity contribution in [1.29, 1.82) is 5.26 Å². The first-order valence-corrected chi connectivity index (χ1v) is 7.59. The quantitative estimate of drug-likeness (QED) is 0.814. The minimum atomic E-state index is -0.765. The number of hydrogen-bond donors (Lipinski definition) is 2. The molecular formula is C16H27N3O. The number of hydrogen-bond acceptors (Lipinski definition) is 3. The maximum atomic E-state index is 12.5. The highest BCUT2D eigenvalue weighted by molar-refractivity contribution is 5.86. The summed E-state index contributed by atoms with van der Waals surface area (Å²) in [5.74, 6) is 0.429. The molecule has 0 aromatic rings. The van der Waals surface area contributed by atoms with Gasteiger partial charge in [0.2, 0.25) is 5.91 Å². The Labute approximate surface area is 122 Å². The van der Waals surface area contributed by atoms with Gasteiger partial charge in [-0.2, -0.15) is 5.26 Å². The van der Waals surface area contributed by atoms with Crippen LogP contribution in [0.15, 0.2) is 0 Å². The van der Waals surface area contributed by atoms with Crippen molar-refractivity contribution in [3.63, 3.8) is 0 Å². The maximum Gasteiger partial charge on any atom is 0.240 e. The second-order valence-corrected chi connectivity index (χ2v) is 8.18. The molecule has 2 N–H and O–H groups in total. The van der Waals surface area contributed by atoms with Crippen LogP contribution in [0.3, 0.4) is 0 Å². The van der Waals surface area contributed by atoms with E-state index in [2.05, 4.69) is 51.3 Å². The molecule has 0 radical (unpaired) electrons. The largest absolute Gasteiger partial charge is 0.352 e. The lowest BCUT2D eigenvalue weighted by molar-refractivity contribution is -0.135. The lowest BCUT2D eigenvalue weighted by atomic mass is 9.63. The Balaban J connectivity index is 2.03. The molecule has 0 atom stereocenters. The first kappa shape index (κ1) is 15.3. The van der Waals surface area contributed by atoms with Crippen LogP contribution in [-0.2, 0) is 4.79 Å². The summed E-state index contributed by atoms with van der Waals surface area (Å²) in [6.45, 7) is 10.8. The second-order valence-electron chi connectivity index (χ2n) is 8.18. The van der Waals surface area contributed by atoms with Crippen LogP contribution >= 0.6 is 0 Å². The van der Waals surface area contributed by atoms with Crippen molar-refractivity contribution in [2.24, 2.45) is 11.3 Å². The normalized spacial score (nSPS) is 35.7. The number of rotatable bonds is 2. The zero-order valence-corrected chi connectivity index (χ0v) is 13.3. The number of nitrogens with one attached hydrogen (secondary N) is 2. The lowest BCUT2D eigenvalue weighted by Gasteiger charge is -2.48. The maximum absolute atomic E-state index is 12.5. The molecule has 2 fully saturated rings. The average Bonchev–Trinajstić information content (AvgIpc) is 2.19. The van der Waals surface area contributed by atoms with Gasteiger partial charge in [0.15, 0.2) is 0 Å². The van der Waals surface area contributed by atoms with Crippen molar-refractivity contribution in [2.75, 3.05) is 0 Å². The number of carbonyl (C=O) groups excluding carboxylic acids is 1. The smallest absolute Gasteiger partial charge is 0.240 e. The van der Waals surface area contributed by atoms with Crippen LogP contribution < -0.4 is 10.6 Å². The monoisotopic (exact) mass is 277 g/mol. The van der Waals surface area contributed by atoms with Crippen molar-refractivity contribution in [1.82, 2.24) is 10.6 Å². The molecule has 0 aromatic carbocycles. The molecule has 112 valence electrons. The fourth-order valence-electron chi connectivity index (χ4n) is 4.21. The third-order valence-corrected chi connectivity index (χ3v) is 4.57. The highest BCUT2D eigenvalue weighted by Crippen LogP contribution is 2.45. The molecule has 1 amide bonds. The van der Waals surface area contributed by atoms with Crippen LogP contribution in [0, 0.1) is 22.7 Å². The standard InChI is InChI=1S/C16H27N3O/c1-11-6-16(7-11,10-17)13(20)18-12-8-14(2,3)19-15(4,5)9-12/h11-12,19H,6-9H2,1-5H3,(H,18,20). The van der Waals surface area contributed by atoms with E-state index in [0.29, 0.717) is 18.8 Å². The zero-order valence-electron chi connectivity index (χ0n) is 13.3. The summed E-state index contributed by atoms with van der Waals surface area (Å²) in [7, 11) is 0. The number of amides is 1. The molecule has 4 heteroatoms. The van der Waals surface area contributed by atoms with E-state index in [-0.39, 0.29) is 23.0 Å². The van der Waals surface area contributed by atoms with Crippen molar-refractivity contribution >= 4 is 5.91 Å². The molecule has 1 heterocycles. The Morgan fingerprint density at radius 2 is 1.65 bits per heavy atom. The van der Waals surface area contributed by atoms with Gasteiger partial charge in [0, 0.05) is 17.1 Å². The fraction of sp³-hybridized carbons (Fsp3) is 0.875. The SMILES string of the molecule is CC1CC(C#N)(C(=O)NC2CC(C)(C)NC(C)(C)C2)C1. The third-order valence-electron chi connectivity index (χ3n) is 4.57. The Morgan fingerprint density at radius 3 is 2.05 bits per heavy atom. The number of carbonyl (C=O) groups is 1. The molecule has 4 nitrogen and oxygen atoms in total. The van der Waals surface area contributed by atoms with Crippen molar-refractivity contribution in [2.45, 2.75) is 77.4 Å². The van der Waals surface area contributed by atoms with E-state index >= 15 is 0 Å². The Bertz CT molecular complexity index is 425. The van der Waals surface area contributed by atoms with E-state index in [0.717, 1.165) is 12.8 Å². The number of nitriles is 1. The van der Waals surface area contributed by atoms with Gasteiger partial charge in [0.25, 0.3) is 0 Å². The molecule has 2 rings (SSSR count). The minimum absolute atomic E-state index is 0.00636. The summed E-state index contributed by atoms with van der Waals surface area (Å²) in [4.78, 5) is 12.5. The molecule has 0 bridgehead atoms. The molecule has 1 aliphatic carbocycles. The van der Waals surface area contributed by atoms with Crippen LogP contribution in [0.2, 0.25) is 0 Å². The van der Waals surface area contributed by atoms with Gasteiger partial charge in [-0.05, 0) is 59.3 Å². The van der Waals surface area contributed by atoms with Gasteiger partial charge in [-0.15, -0.1) is 0 Å². The van der Waals surface area contributed by atoms with Crippen LogP contribution in [0.25, 0.3) is 0 Å². The van der Waals surface area contributed by atoms with Crippen molar-refractivity contribution in [3.8, 4) is 6.07 Å². The van der Waals surface area contributed by atoms with Crippen LogP contribution in [0.4, 0.5) is 0 Å². The summed E-state index contributed by atoms with van der Waals surface area (Å²) in [5, 5.41) is 16.1. The molecule has 0 unspecified atom stereocenters. The predicted molar refractivity (Wildman–Crippen MR) is 78.9 cm³/mol. The molecule has 0 spiro atoms. The van der Waals surface area contributed by atoms with E-state index < -0.39 is 5.41 Å². The average molecular weight is 277 g/mol. The van der Waals surface area contributed by atoms with Gasteiger partial charge in [-0.25, -0.2) is 0 Å². The summed E-state index contributed by atoms with van der Waals surface area (Å²) < 4.78 is 0. The Kier molecular flexibility index (Phi) is 3.62. The highest BCUT2D eigenvalue weighted by atomic mass is 16.2. The van der Waals surface area contributed by atoms with Crippen LogP contribution in [-0.4, -0.2) is 23.0 Å². The van der Waals surface area contributed by atoms with E-state index in [1.807, 2.05) is 0 Å². The van der Waals surface area contributed by atoms with Gasteiger partial charge in [0.05, 0.1) is 6.07 Å². The van der Waals surface area contributed by atoms with E-state index in [4.69, 9.17) is 0 Å². The van der Waals surface area contributed by atoms with Gasteiger partial charge in [-0.1, -0.05) is 6.92 Å². The molecule has 1 saturated heterocycles. The summed E-state index contributed by atoms with van der Waals surface area (Å²) >= 11 is 0. The summed E-state index contributed by atoms with van der Waals surface area (Å²) in [6, 6.07) is 2.40. The van der Waals surface area contributed by atoms with E-state index in [1.54, 1.807) is 0 Å². The van der Waals surface area contributed by atoms with Crippen LogP contribution in [0.5, 0.6) is 0 Å². The molecule has 2 aliphatic rings. The molecule has 1 aliphatic heterocycles. The molecule has 1 saturated carbocycles. The highest BCUT2D eigenvalue weighted by Gasteiger charge is 2.50. The van der Waals surface area contributed by atoms with Crippen LogP contribution in [0.1, 0.15) is 60.3 Å². The summed E-state index contributed by atoms with van der Waals surface area (Å²) in [6.07, 6.45) is 3.21. The van der Waals surface area contributed by atoms with Gasteiger partial charge in [0.1, 0.15) is 5.41 Å². The third kappa shape index (κ3) is 2.98. The molecular weight excluding hydrogens is 250 g/mol. The minimum Gasteiger partial charge on any atom is -0.352 e. The lowest BCUT2D eigenvalue weighted by Crippen LogP contribution is -2.63. The van der Waals surface area contributed by atoms with Gasteiger partial charge in [-0.3, -0.25) is 4.79 Å². The van der Waals surface area contributed by atoms with Gasteiger partial charge < -0.3 is 10.6 Å². The fourth-order valence-corrected chi connectivity index (χ4v) is 4.21. The zero-order chi connectivity index (χ0) is 15.2. The number of piperidine rings is 1. The van der Waals surface area contributed by atoms with Gasteiger partial charge >= 0.3 is 0 Å². The first-order chi connectivity index (χ1) is 9.07. The van der Waals surface area contributed by atoms with E-state index in [9.17, 15) is 10.1 Å². The number of nitrogens with zero attached hydrogens (tertiary/aromatic N) is 1. The predicted octanol–water partition coefficient (Wildman–Crippen LogP) is 2.35. The Hall–Kier alpha value is -1.08. The van der Waals surface area contributed by atoms with E-state index in [1.165, 1.54) is 0 Å². The first-order valence-electron chi connectivity index (χ1n) is 7.59. The summed E-state index contributed by atoms with van der Waals surface area (Å²) in [5.41, 5.74) is -0.753. The van der Waals surface area contributed by atoms with Crippen molar-refractivity contribution < 1.29 is 4.79 Å². The molecule has 20 heavy (non-hydrogen) atoms. The molecule has 0 aromatic heterocycles. The topological polar surface area (TPSA) is 64.9 Å². The second kappa shape index (κ2) is 4.73. The Morgan fingerprint density at radius 1 is 1.15 bits per heavy atom.